The summed E-state index contributed by atoms with van der Waals surface area (Å²) in [7, 11) is 0. The summed E-state index contributed by atoms with van der Waals surface area (Å²) in [5, 5.41) is 3.76. The van der Waals surface area contributed by atoms with Crippen molar-refractivity contribution in [1.29, 1.82) is 0 Å². The number of ether oxygens (including phenoxy) is 1. The van der Waals surface area contributed by atoms with Crippen molar-refractivity contribution in [3.05, 3.63) is 29.8 Å². The summed E-state index contributed by atoms with van der Waals surface area (Å²) in [5.74, 6) is 0. The molecule has 1 aromatic rings. The predicted molar refractivity (Wildman–Crippen MR) is 87.4 cm³/mol. The van der Waals surface area contributed by atoms with Gasteiger partial charge in [0.05, 0.1) is 6.10 Å². The minimum Gasteiger partial charge on any atom is -0.378 e. The molecule has 112 valence electrons. The maximum atomic E-state index is 5.80. The van der Waals surface area contributed by atoms with E-state index < -0.39 is 0 Å². The van der Waals surface area contributed by atoms with Crippen LogP contribution in [0.3, 0.4) is 0 Å². The van der Waals surface area contributed by atoms with Gasteiger partial charge in [0.25, 0.3) is 0 Å². The minimum atomic E-state index is 0.226. The molecule has 3 atom stereocenters. The van der Waals surface area contributed by atoms with E-state index in [1.165, 1.54) is 10.5 Å². The zero-order valence-corrected chi connectivity index (χ0v) is 14.1. The van der Waals surface area contributed by atoms with Crippen LogP contribution in [0.25, 0.3) is 0 Å². The van der Waals surface area contributed by atoms with Crippen LogP contribution >= 0.6 is 11.8 Å². The van der Waals surface area contributed by atoms with Crippen LogP contribution in [0.5, 0.6) is 0 Å². The Morgan fingerprint density at radius 3 is 2.50 bits per heavy atom. The summed E-state index contributed by atoms with van der Waals surface area (Å²) >= 11 is 1.79. The van der Waals surface area contributed by atoms with Gasteiger partial charge < -0.3 is 10.1 Å². The van der Waals surface area contributed by atoms with Crippen LogP contribution in [0.2, 0.25) is 0 Å². The fourth-order valence-electron chi connectivity index (χ4n) is 2.94. The van der Waals surface area contributed by atoms with Gasteiger partial charge in [-0.1, -0.05) is 26.0 Å². The summed E-state index contributed by atoms with van der Waals surface area (Å²) in [6.07, 6.45) is 3.63. The molecule has 1 fully saturated rings. The van der Waals surface area contributed by atoms with Crippen LogP contribution in [0.15, 0.2) is 29.2 Å². The molecule has 2 nitrogen and oxygen atoms in total. The van der Waals surface area contributed by atoms with Crippen LogP contribution in [0.4, 0.5) is 0 Å². The van der Waals surface area contributed by atoms with Gasteiger partial charge in [-0.3, -0.25) is 0 Å². The molecule has 1 aromatic carbocycles. The van der Waals surface area contributed by atoms with E-state index in [0.717, 1.165) is 13.0 Å². The van der Waals surface area contributed by atoms with Crippen molar-refractivity contribution in [3.63, 3.8) is 0 Å². The standard InChI is InChI=1S/C17H27NOS/c1-6-19-16-11-15(17(16,3)4)18-12(2)13-7-9-14(20-5)10-8-13/h7-10,12,15-16,18H,6,11H2,1-5H3. The zero-order chi connectivity index (χ0) is 14.8. The molecule has 0 heterocycles. The van der Waals surface area contributed by atoms with Crippen molar-refractivity contribution >= 4 is 11.8 Å². The van der Waals surface area contributed by atoms with Crippen molar-refractivity contribution in [2.45, 2.75) is 57.2 Å². The molecule has 3 unspecified atom stereocenters. The van der Waals surface area contributed by atoms with Crippen molar-refractivity contribution in [3.8, 4) is 0 Å². The molecule has 1 N–H and O–H groups in total. The van der Waals surface area contributed by atoms with Gasteiger partial charge in [-0.25, -0.2) is 0 Å². The maximum absolute atomic E-state index is 5.80. The van der Waals surface area contributed by atoms with E-state index in [1.54, 1.807) is 11.8 Å². The van der Waals surface area contributed by atoms with E-state index in [-0.39, 0.29) is 5.41 Å². The predicted octanol–water partition coefficient (Wildman–Crippen LogP) is 4.26. The van der Waals surface area contributed by atoms with Crippen molar-refractivity contribution in [1.82, 2.24) is 5.32 Å². The summed E-state index contributed by atoms with van der Waals surface area (Å²) in [6.45, 7) is 9.74. The molecule has 1 aliphatic rings. The van der Waals surface area contributed by atoms with Crippen molar-refractivity contribution in [2.24, 2.45) is 5.41 Å². The molecule has 0 bridgehead atoms. The molecular weight excluding hydrogens is 266 g/mol. The van der Waals surface area contributed by atoms with Gasteiger partial charge in [-0.05, 0) is 44.2 Å². The summed E-state index contributed by atoms with van der Waals surface area (Å²) < 4.78 is 5.80. The molecule has 0 spiro atoms. The first-order valence-electron chi connectivity index (χ1n) is 7.50. The van der Waals surface area contributed by atoms with Crippen LogP contribution in [-0.4, -0.2) is 25.0 Å². The lowest BCUT2D eigenvalue weighted by Gasteiger charge is -2.52. The molecule has 1 aliphatic carbocycles. The average molecular weight is 293 g/mol. The number of hydrogen-bond donors (Lipinski definition) is 1. The molecule has 2 rings (SSSR count). The Bertz CT molecular complexity index is 429. The highest BCUT2D eigenvalue weighted by Crippen LogP contribution is 2.43. The summed E-state index contributed by atoms with van der Waals surface area (Å²) in [4.78, 5) is 1.32. The zero-order valence-electron chi connectivity index (χ0n) is 13.3. The molecule has 0 amide bonds. The van der Waals surface area contributed by atoms with Gasteiger partial charge in [0.2, 0.25) is 0 Å². The third kappa shape index (κ3) is 3.21. The SMILES string of the molecule is CCOC1CC(NC(C)c2ccc(SC)cc2)C1(C)C. The topological polar surface area (TPSA) is 21.3 Å². The van der Waals surface area contributed by atoms with E-state index in [2.05, 4.69) is 63.5 Å². The summed E-state index contributed by atoms with van der Waals surface area (Å²) in [6, 6.07) is 9.79. The third-order valence-electron chi connectivity index (χ3n) is 4.61. The maximum Gasteiger partial charge on any atom is 0.0655 e. The van der Waals surface area contributed by atoms with Gasteiger partial charge in [0.1, 0.15) is 0 Å². The molecule has 1 saturated carbocycles. The Labute approximate surface area is 127 Å². The van der Waals surface area contributed by atoms with Gasteiger partial charge in [0.15, 0.2) is 0 Å². The highest BCUT2D eigenvalue weighted by atomic mass is 32.2. The fraction of sp³-hybridized carbons (Fsp3) is 0.647. The average Bonchev–Trinajstić information content (AvgIpc) is 2.46. The van der Waals surface area contributed by atoms with Crippen molar-refractivity contribution < 1.29 is 4.74 Å². The first kappa shape index (κ1) is 15.9. The fourth-order valence-corrected chi connectivity index (χ4v) is 3.35. The van der Waals surface area contributed by atoms with E-state index in [9.17, 15) is 0 Å². The van der Waals surface area contributed by atoms with Crippen LogP contribution in [0.1, 0.15) is 45.7 Å². The minimum absolute atomic E-state index is 0.226. The molecule has 0 aromatic heterocycles. The lowest BCUT2D eigenvalue weighted by atomic mass is 9.64. The second kappa shape index (κ2) is 6.50. The highest BCUT2D eigenvalue weighted by molar-refractivity contribution is 7.98. The lowest BCUT2D eigenvalue weighted by molar-refractivity contribution is -0.116. The number of nitrogens with one attached hydrogen (secondary N) is 1. The normalized spacial score (nSPS) is 26.1. The highest BCUT2D eigenvalue weighted by Gasteiger charge is 2.48. The Balaban J connectivity index is 1.93. The number of benzene rings is 1. The molecule has 0 saturated heterocycles. The largest absolute Gasteiger partial charge is 0.378 e. The van der Waals surface area contributed by atoms with Gasteiger partial charge >= 0.3 is 0 Å². The van der Waals surface area contributed by atoms with Crippen LogP contribution < -0.4 is 5.32 Å². The third-order valence-corrected chi connectivity index (χ3v) is 5.36. The number of thioether (sulfide) groups is 1. The molecule has 20 heavy (non-hydrogen) atoms. The van der Waals surface area contributed by atoms with Gasteiger partial charge in [0, 0.05) is 29.0 Å². The number of rotatable bonds is 6. The Kier molecular flexibility index (Phi) is 5.16. The van der Waals surface area contributed by atoms with Crippen LogP contribution in [0, 0.1) is 5.41 Å². The van der Waals surface area contributed by atoms with E-state index in [4.69, 9.17) is 4.74 Å². The first-order chi connectivity index (χ1) is 9.48. The Morgan fingerprint density at radius 2 is 2.00 bits per heavy atom. The lowest BCUT2D eigenvalue weighted by Crippen LogP contribution is -2.61. The van der Waals surface area contributed by atoms with Crippen molar-refractivity contribution in [2.75, 3.05) is 12.9 Å². The van der Waals surface area contributed by atoms with E-state index >= 15 is 0 Å². The summed E-state index contributed by atoms with van der Waals surface area (Å²) in [5.41, 5.74) is 1.59. The van der Waals surface area contributed by atoms with E-state index in [0.29, 0.717) is 18.2 Å². The molecule has 0 radical (unpaired) electrons. The van der Waals surface area contributed by atoms with Gasteiger partial charge in [-0.15, -0.1) is 11.8 Å². The Hall–Kier alpha value is -0.510. The first-order valence-corrected chi connectivity index (χ1v) is 8.73. The van der Waals surface area contributed by atoms with Crippen LogP contribution in [-0.2, 0) is 4.74 Å². The smallest absolute Gasteiger partial charge is 0.0655 e. The van der Waals surface area contributed by atoms with E-state index in [1.807, 2.05) is 0 Å². The molecule has 0 aliphatic heterocycles. The monoisotopic (exact) mass is 293 g/mol. The van der Waals surface area contributed by atoms with Gasteiger partial charge in [-0.2, -0.15) is 0 Å². The molecular formula is C17H27NOS. The quantitative estimate of drug-likeness (QED) is 0.792. The molecule has 3 heteroatoms. The Morgan fingerprint density at radius 1 is 1.35 bits per heavy atom. The number of hydrogen-bond acceptors (Lipinski definition) is 3. The second-order valence-corrected chi connectivity index (χ2v) is 7.09. The second-order valence-electron chi connectivity index (χ2n) is 6.22.